The Kier molecular flexibility index (Phi) is 5.10. The second-order valence-electron chi connectivity index (χ2n) is 9.37. The molecule has 5 rings (SSSR count). The lowest BCUT2D eigenvalue weighted by atomic mass is 9.76. The molecule has 7 heteroatoms. The maximum Gasteiger partial charge on any atom is 0.250 e. The molecule has 0 radical (unpaired) electrons. The number of benzene rings is 2. The van der Waals surface area contributed by atoms with Gasteiger partial charge in [0, 0.05) is 18.2 Å². The number of likely N-dealkylation sites (tertiary alicyclic amines) is 1. The summed E-state index contributed by atoms with van der Waals surface area (Å²) < 4.78 is 0. The molecular weight excluding hydrogens is 426 g/mol. The Hall–Kier alpha value is -2.70. The van der Waals surface area contributed by atoms with Crippen molar-refractivity contribution in [3.8, 4) is 0 Å². The van der Waals surface area contributed by atoms with E-state index in [1.807, 2.05) is 36.4 Å². The van der Waals surface area contributed by atoms with Gasteiger partial charge in [-0.2, -0.15) is 0 Å². The smallest absolute Gasteiger partial charge is 0.250 e. The van der Waals surface area contributed by atoms with Crippen molar-refractivity contribution in [2.24, 2.45) is 17.8 Å². The first-order valence-electron chi connectivity index (χ1n) is 11.1. The Balaban J connectivity index is 1.55. The maximum absolute atomic E-state index is 13.7. The highest BCUT2D eigenvalue weighted by Gasteiger charge is 2.70. The Morgan fingerprint density at radius 3 is 2.50 bits per heavy atom. The number of anilines is 1. The number of carbonyl (C=O) groups is 3. The highest BCUT2D eigenvalue weighted by atomic mass is 35.5. The highest BCUT2D eigenvalue weighted by Crippen LogP contribution is 2.54. The molecule has 2 unspecified atom stereocenters. The van der Waals surface area contributed by atoms with Crippen molar-refractivity contribution in [1.82, 2.24) is 10.2 Å². The van der Waals surface area contributed by atoms with Crippen LogP contribution in [-0.4, -0.2) is 35.2 Å². The van der Waals surface area contributed by atoms with Gasteiger partial charge in [0.15, 0.2) is 0 Å². The SMILES string of the molecule is CC(C)CC1NC2(C(=O)Nc3c(Cl)cccc32)[C@@H]2C(=O)N(CCc3ccccc3)C(=O)[C@H]12. The predicted molar refractivity (Wildman–Crippen MR) is 122 cm³/mol. The second kappa shape index (κ2) is 7.71. The van der Waals surface area contributed by atoms with Crippen LogP contribution in [0.1, 0.15) is 31.4 Å². The highest BCUT2D eigenvalue weighted by molar-refractivity contribution is 6.35. The van der Waals surface area contributed by atoms with E-state index in [0.717, 1.165) is 5.56 Å². The molecule has 3 aliphatic rings. The van der Waals surface area contributed by atoms with E-state index < -0.39 is 17.4 Å². The number of hydrogen-bond donors (Lipinski definition) is 2. The van der Waals surface area contributed by atoms with Gasteiger partial charge in [-0.15, -0.1) is 0 Å². The molecule has 32 heavy (non-hydrogen) atoms. The van der Waals surface area contributed by atoms with Crippen molar-refractivity contribution >= 4 is 35.0 Å². The third kappa shape index (κ3) is 3.00. The van der Waals surface area contributed by atoms with E-state index in [9.17, 15) is 14.4 Å². The Labute approximate surface area is 192 Å². The fourth-order valence-corrected chi connectivity index (χ4v) is 5.89. The summed E-state index contributed by atoms with van der Waals surface area (Å²) in [6.07, 6.45) is 1.28. The molecular formula is C25H26ClN3O3. The predicted octanol–water partition coefficient (Wildman–Crippen LogP) is 3.35. The number of imide groups is 1. The zero-order valence-corrected chi connectivity index (χ0v) is 18.9. The first-order valence-corrected chi connectivity index (χ1v) is 11.5. The molecule has 3 aliphatic heterocycles. The van der Waals surface area contributed by atoms with Crippen LogP contribution in [0.5, 0.6) is 0 Å². The van der Waals surface area contributed by atoms with E-state index >= 15 is 0 Å². The Bertz CT molecular complexity index is 1100. The molecule has 0 bridgehead atoms. The molecule has 0 aromatic heterocycles. The molecule has 1 spiro atoms. The lowest BCUT2D eigenvalue weighted by Gasteiger charge is -2.30. The van der Waals surface area contributed by atoms with Gasteiger partial charge in [-0.05, 0) is 30.4 Å². The van der Waals surface area contributed by atoms with Crippen molar-refractivity contribution in [3.05, 3.63) is 64.7 Å². The van der Waals surface area contributed by atoms with Crippen LogP contribution in [0.15, 0.2) is 48.5 Å². The number of carbonyl (C=O) groups excluding carboxylic acids is 3. The summed E-state index contributed by atoms with van der Waals surface area (Å²) in [5, 5.41) is 6.75. The van der Waals surface area contributed by atoms with E-state index in [1.165, 1.54) is 4.90 Å². The van der Waals surface area contributed by atoms with Gasteiger partial charge in [0.2, 0.25) is 17.7 Å². The summed E-state index contributed by atoms with van der Waals surface area (Å²) in [6.45, 7) is 4.47. The first-order chi connectivity index (χ1) is 15.3. The molecule has 3 heterocycles. The van der Waals surface area contributed by atoms with Crippen LogP contribution in [0, 0.1) is 17.8 Å². The average Bonchev–Trinajstić information content (AvgIpc) is 3.33. The monoisotopic (exact) mass is 451 g/mol. The summed E-state index contributed by atoms with van der Waals surface area (Å²) >= 11 is 6.37. The van der Waals surface area contributed by atoms with Crippen molar-refractivity contribution in [1.29, 1.82) is 0 Å². The van der Waals surface area contributed by atoms with Crippen LogP contribution in [-0.2, 0) is 26.3 Å². The van der Waals surface area contributed by atoms with Gasteiger partial charge < -0.3 is 5.32 Å². The lowest BCUT2D eigenvalue weighted by Crippen LogP contribution is -2.53. The van der Waals surface area contributed by atoms with Gasteiger partial charge >= 0.3 is 0 Å². The molecule has 0 aliphatic carbocycles. The fraction of sp³-hybridized carbons (Fsp3) is 0.400. The number of para-hydroxylation sites is 1. The normalized spacial score (nSPS) is 28.6. The first kappa shape index (κ1) is 21.2. The number of rotatable bonds is 5. The van der Waals surface area contributed by atoms with Crippen molar-refractivity contribution < 1.29 is 14.4 Å². The number of nitrogens with zero attached hydrogens (tertiary/aromatic N) is 1. The number of amides is 3. The van der Waals surface area contributed by atoms with Crippen molar-refractivity contribution in [2.45, 2.75) is 38.3 Å². The van der Waals surface area contributed by atoms with Crippen LogP contribution in [0.4, 0.5) is 5.69 Å². The summed E-state index contributed by atoms with van der Waals surface area (Å²) in [5.41, 5.74) is 0.965. The van der Waals surface area contributed by atoms with E-state index in [0.29, 0.717) is 41.6 Å². The van der Waals surface area contributed by atoms with Gasteiger partial charge in [-0.25, -0.2) is 0 Å². The van der Waals surface area contributed by atoms with Gasteiger partial charge in [0.25, 0.3) is 0 Å². The fourth-order valence-electron chi connectivity index (χ4n) is 5.67. The lowest BCUT2D eigenvalue weighted by molar-refractivity contribution is -0.142. The van der Waals surface area contributed by atoms with E-state index in [4.69, 9.17) is 11.6 Å². The minimum absolute atomic E-state index is 0.186. The quantitative estimate of drug-likeness (QED) is 0.683. The molecule has 4 atom stereocenters. The zero-order chi connectivity index (χ0) is 22.6. The molecule has 2 aromatic carbocycles. The van der Waals surface area contributed by atoms with Crippen molar-refractivity contribution in [2.75, 3.05) is 11.9 Å². The third-order valence-electron chi connectivity index (χ3n) is 6.98. The van der Waals surface area contributed by atoms with E-state index in [1.54, 1.807) is 12.1 Å². The van der Waals surface area contributed by atoms with E-state index in [-0.39, 0.29) is 23.8 Å². The second-order valence-corrected chi connectivity index (χ2v) is 9.78. The van der Waals surface area contributed by atoms with Gasteiger partial charge in [-0.1, -0.05) is 67.9 Å². The largest absolute Gasteiger partial charge is 0.323 e. The molecule has 3 amide bonds. The average molecular weight is 452 g/mol. The Morgan fingerprint density at radius 1 is 1.03 bits per heavy atom. The maximum atomic E-state index is 13.7. The molecule has 2 saturated heterocycles. The molecule has 2 aromatic rings. The molecule has 2 fully saturated rings. The van der Waals surface area contributed by atoms with Crippen LogP contribution in [0.3, 0.4) is 0 Å². The van der Waals surface area contributed by atoms with Crippen LogP contribution in [0.25, 0.3) is 0 Å². The van der Waals surface area contributed by atoms with Crippen LogP contribution >= 0.6 is 11.6 Å². The number of halogens is 1. The zero-order valence-electron chi connectivity index (χ0n) is 18.1. The van der Waals surface area contributed by atoms with Crippen LogP contribution < -0.4 is 10.6 Å². The summed E-state index contributed by atoms with van der Waals surface area (Å²) in [6, 6.07) is 14.8. The van der Waals surface area contributed by atoms with Gasteiger partial charge in [0.1, 0.15) is 5.54 Å². The molecule has 0 saturated carbocycles. The summed E-state index contributed by atoms with van der Waals surface area (Å²) in [7, 11) is 0. The standard InChI is InChI=1S/C25H26ClN3O3/c1-14(2)13-18-19-20(23(31)29(22(19)30)12-11-15-7-4-3-5-8-15)25(28-18)16-9-6-10-17(26)21(16)27-24(25)32/h3-10,14,18-20,28H,11-13H2,1-2H3,(H,27,32)/t18?,19-,20+,25?/m1/s1. The van der Waals surface area contributed by atoms with Crippen LogP contribution in [0.2, 0.25) is 5.02 Å². The summed E-state index contributed by atoms with van der Waals surface area (Å²) in [4.78, 5) is 42.0. The molecule has 166 valence electrons. The number of nitrogens with one attached hydrogen (secondary N) is 2. The third-order valence-corrected chi connectivity index (χ3v) is 7.30. The molecule has 6 nitrogen and oxygen atoms in total. The topological polar surface area (TPSA) is 78.5 Å². The number of fused-ring (bicyclic) bond motifs is 4. The molecule has 2 N–H and O–H groups in total. The van der Waals surface area contributed by atoms with E-state index in [2.05, 4.69) is 24.5 Å². The van der Waals surface area contributed by atoms with Crippen molar-refractivity contribution in [3.63, 3.8) is 0 Å². The summed E-state index contributed by atoms with van der Waals surface area (Å²) in [5.74, 6) is -1.83. The minimum Gasteiger partial charge on any atom is -0.323 e. The van der Waals surface area contributed by atoms with Gasteiger partial charge in [0.05, 0.1) is 22.5 Å². The van der Waals surface area contributed by atoms with Gasteiger partial charge in [-0.3, -0.25) is 24.6 Å². The minimum atomic E-state index is -1.28. The Morgan fingerprint density at radius 2 is 1.78 bits per heavy atom. The number of hydrogen-bond acceptors (Lipinski definition) is 4.